The van der Waals surface area contributed by atoms with Crippen molar-refractivity contribution in [2.45, 2.75) is 17.9 Å². The van der Waals surface area contributed by atoms with Crippen LogP contribution in [0.5, 0.6) is 11.5 Å². The smallest absolute Gasteiger partial charge is 0.297 e. The van der Waals surface area contributed by atoms with E-state index in [0.29, 0.717) is 11.3 Å². The highest BCUT2D eigenvalue weighted by Crippen LogP contribution is 2.32. The fourth-order valence-corrected chi connectivity index (χ4v) is 3.40. The topological polar surface area (TPSA) is 61.8 Å². The molecular weight excluding hydrogens is 323 g/mol. The largest absolute Gasteiger partial charge is 0.486 e. The molecule has 0 radical (unpaired) electrons. The van der Waals surface area contributed by atoms with Crippen LogP contribution in [0, 0.1) is 12.7 Å². The summed E-state index contributed by atoms with van der Waals surface area (Å²) in [7, 11) is -3.89. The molecule has 0 spiro atoms. The third-order valence-corrected chi connectivity index (χ3v) is 4.84. The van der Waals surface area contributed by atoms with E-state index in [1.54, 1.807) is 25.1 Å². The fourth-order valence-electron chi connectivity index (χ4n) is 2.24. The van der Waals surface area contributed by atoms with Gasteiger partial charge in [-0.05, 0) is 30.7 Å². The molecule has 0 saturated carbocycles. The summed E-state index contributed by atoms with van der Waals surface area (Å²) in [5.41, 5.74) is 0.598. The number of aryl methyl sites for hydroxylation is 1. The minimum Gasteiger partial charge on any atom is -0.486 e. The molecular formula is C16H15FO5S. The lowest BCUT2D eigenvalue weighted by Crippen LogP contribution is -2.34. The van der Waals surface area contributed by atoms with Crippen molar-refractivity contribution in [2.24, 2.45) is 0 Å². The van der Waals surface area contributed by atoms with Crippen LogP contribution < -0.4 is 9.47 Å². The van der Waals surface area contributed by atoms with Gasteiger partial charge in [-0.2, -0.15) is 8.42 Å². The number of hydrogen-bond acceptors (Lipinski definition) is 5. The predicted molar refractivity (Wildman–Crippen MR) is 80.6 cm³/mol. The van der Waals surface area contributed by atoms with Crippen LogP contribution in [0.4, 0.5) is 4.39 Å². The maximum absolute atomic E-state index is 13.2. The van der Waals surface area contributed by atoms with E-state index in [0.717, 1.165) is 0 Å². The first kappa shape index (κ1) is 15.8. The van der Waals surface area contributed by atoms with Gasteiger partial charge in [0.25, 0.3) is 10.1 Å². The van der Waals surface area contributed by atoms with E-state index in [2.05, 4.69) is 0 Å². The van der Waals surface area contributed by atoms with Crippen LogP contribution in [0.15, 0.2) is 47.4 Å². The molecule has 2 aromatic rings. The molecule has 5 nitrogen and oxygen atoms in total. The number of fused-ring (bicyclic) bond motifs is 1. The van der Waals surface area contributed by atoms with Crippen molar-refractivity contribution in [1.29, 1.82) is 0 Å². The van der Waals surface area contributed by atoms with Crippen molar-refractivity contribution in [3.05, 3.63) is 53.8 Å². The molecule has 1 heterocycles. The quantitative estimate of drug-likeness (QED) is 0.802. The molecule has 1 aliphatic rings. The zero-order valence-corrected chi connectivity index (χ0v) is 13.2. The third-order valence-electron chi connectivity index (χ3n) is 3.40. The third kappa shape index (κ3) is 3.46. The molecule has 0 bridgehead atoms. The average Bonchev–Trinajstić information content (AvgIpc) is 2.53. The Bertz CT molecular complexity index is 819. The van der Waals surface area contributed by atoms with Gasteiger partial charge in [-0.3, -0.25) is 4.18 Å². The van der Waals surface area contributed by atoms with Crippen molar-refractivity contribution in [1.82, 2.24) is 0 Å². The van der Waals surface area contributed by atoms with Gasteiger partial charge >= 0.3 is 0 Å². The van der Waals surface area contributed by atoms with E-state index in [9.17, 15) is 12.8 Å². The summed E-state index contributed by atoms with van der Waals surface area (Å²) in [6, 6.07) is 10.5. The van der Waals surface area contributed by atoms with Crippen LogP contribution in [0.3, 0.4) is 0 Å². The lowest BCUT2D eigenvalue weighted by Gasteiger charge is -2.26. The molecule has 0 amide bonds. The summed E-state index contributed by atoms with van der Waals surface area (Å²) in [5, 5.41) is 0. The Balaban J connectivity index is 1.69. The van der Waals surface area contributed by atoms with Gasteiger partial charge in [-0.1, -0.05) is 18.2 Å². The monoisotopic (exact) mass is 338 g/mol. The second-order valence-corrected chi connectivity index (χ2v) is 6.73. The van der Waals surface area contributed by atoms with Crippen LogP contribution in [0.1, 0.15) is 5.56 Å². The molecule has 2 aromatic carbocycles. The number of halogens is 1. The Morgan fingerprint density at radius 3 is 2.78 bits per heavy atom. The fraction of sp³-hybridized carbons (Fsp3) is 0.250. The highest BCUT2D eigenvalue weighted by molar-refractivity contribution is 7.86. The van der Waals surface area contributed by atoms with Gasteiger partial charge in [0.05, 0.1) is 4.90 Å². The Morgan fingerprint density at radius 2 is 2.00 bits per heavy atom. The average molecular weight is 338 g/mol. The highest BCUT2D eigenvalue weighted by Gasteiger charge is 2.25. The Kier molecular flexibility index (Phi) is 4.23. The van der Waals surface area contributed by atoms with E-state index in [-0.39, 0.29) is 23.9 Å². The molecule has 0 N–H and O–H groups in total. The molecule has 0 aromatic heterocycles. The van der Waals surface area contributed by atoms with E-state index in [4.69, 9.17) is 13.7 Å². The van der Waals surface area contributed by atoms with Crippen LogP contribution in [-0.2, 0) is 14.3 Å². The molecule has 1 aliphatic heterocycles. The van der Waals surface area contributed by atoms with Crippen molar-refractivity contribution >= 4 is 10.1 Å². The molecule has 3 rings (SSSR count). The lowest BCUT2D eigenvalue weighted by molar-refractivity contribution is 0.0550. The second-order valence-electron chi connectivity index (χ2n) is 5.15. The summed E-state index contributed by atoms with van der Waals surface area (Å²) in [4.78, 5) is 0.114. The number of hydrogen-bond donors (Lipinski definition) is 0. The van der Waals surface area contributed by atoms with Crippen LogP contribution in [0.25, 0.3) is 0 Å². The predicted octanol–water partition coefficient (Wildman–Crippen LogP) is 2.68. The van der Waals surface area contributed by atoms with Crippen molar-refractivity contribution in [3.63, 3.8) is 0 Å². The highest BCUT2D eigenvalue weighted by atomic mass is 32.2. The molecule has 1 unspecified atom stereocenters. The zero-order chi connectivity index (χ0) is 16.4. The van der Waals surface area contributed by atoms with Crippen molar-refractivity contribution in [2.75, 3.05) is 13.2 Å². The van der Waals surface area contributed by atoms with Gasteiger partial charge in [-0.15, -0.1) is 0 Å². The maximum Gasteiger partial charge on any atom is 0.297 e. The Hall–Kier alpha value is -2.12. The first-order valence-corrected chi connectivity index (χ1v) is 8.40. The van der Waals surface area contributed by atoms with Gasteiger partial charge in [0, 0.05) is 6.07 Å². The summed E-state index contributed by atoms with van der Waals surface area (Å²) in [5.74, 6) is 0.198. The molecule has 0 saturated heterocycles. The Labute approximate surface area is 133 Å². The molecule has 122 valence electrons. The summed E-state index contributed by atoms with van der Waals surface area (Å²) >= 11 is 0. The molecule has 23 heavy (non-hydrogen) atoms. The minimum atomic E-state index is -3.89. The first-order valence-electron chi connectivity index (χ1n) is 7.00. The van der Waals surface area contributed by atoms with Gasteiger partial charge in [-0.25, -0.2) is 4.39 Å². The standard InChI is InChI=1S/C16H15FO5S/c1-11-4-2-3-5-16(11)23(18,19)21-10-13-9-20-14-7-6-12(17)8-15(14)22-13/h2-8,13H,9-10H2,1H3. The van der Waals surface area contributed by atoms with Gasteiger partial charge in [0.15, 0.2) is 17.6 Å². The number of benzene rings is 2. The first-order chi connectivity index (χ1) is 11.0. The second kappa shape index (κ2) is 6.17. The summed E-state index contributed by atoms with van der Waals surface area (Å²) in [6.45, 7) is 1.60. The minimum absolute atomic E-state index is 0.114. The van der Waals surface area contributed by atoms with E-state index < -0.39 is 22.0 Å². The van der Waals surface area contributed by atoms with Gasteiger partial charge in [0.1, 0.15) is 19.0 Å². The van der Waals surface area contributed by atoms with Crippen LogP contribution >= 0.6 is 0 Å². The van der Waals surface area contributed by atoms with E-state index >= 15 is 0 Å². The molecule has 1 atom stereocenters. The number of ether oxygens (including phenoxy) is 2. The van der Waals surface area contributed by atoms with E-state index in [1.807, 2.05) is 0 Å². The lowest BCUT2D eigenvalue weighted by atomic mass is 10.2. The maximum atomic E-state index is 13.2. The Morgan fingerprint density at radius 1 is 1.22 bits per heavy atom. The summed E-state index contributed by atoms with van der Waals surface area (Å²) in [6.07, 6.45) is -0.636. The molecule has 0 fully saturated rings. The van der Waals surface area contributed by atoms with Crippen LogP contribution in [-0.4, -0.2) is 27.7 Å². The van der Waals surface area contributed by atoms with Gasteiger partial charge in [0.2, 0.25) is 0 Å². The van der Waals surface area contributed by atoms with Crippen molar-refractivity contribution < 1.29 is 26.5 Å². The normalized spacial score (nSPS) is 17.0. The number of rotatable bonds is 4. The molecule has 0 aliphatic carbocycles. The van der Waals surface area contributed by atoms with Gasteiger partial charge < -0.3 is 9.47 Å². The van der Waals surface area contributed by atoms with Crippen molar-refractivity contribution in [3.8, 4) is 11.5 Å². The molecule has 7 heteroatoms. The van der Waals surface area contributed by atoms with E-state index in [1.165, 1.54) is 24.3 Å². The zero-order valence-electron chi connectivity index (χ0n) is 12.4. The van der Waals surface area contributed by atoms with Crippen LogP contribution in [0.2, 0.25) is 0 Å². The SMILES string of the molecule is Cc1ccccc1S(=O)(=O)OCC1COc2ccc(F)cc2O1. The summed E-state index contributed by atoms with van der Waals surface area (Å²) < 4.78 is 53.6.